The third-order valence-corrected chi connectivity index (χ3v) is 5.96. The van der Waals surface area contributed by atoms with Crippen molar-refractivity contribution >= 4 is 53.8 Å². The summed E-state index contributed by atoms with van der Waals surface area (Å²) in [5.41, 5.74) is 2.77. The summed E-state index contributed by atoms with van der Waals surface area (Å²) in [5, 5.41) is 12.3. The molecule has 3 rings (SSSR count). The largest absolute Gasteiger partial charge is 0.741 e. The predicted octanol–water partition coefficient (Wildman–Crippen LogP) is -0.0339. The molecule has 5 atom stereocenters. The number of benzene rings is 1. The zero-order chi connectivity index (χ0) is 31.8. The van der Waals surface area contributed by atoms with E-state index < -0.39 is 66.3 Å². The lowest BCUT2D eigenvalue weighted by Crippen LogP contribution is -2.67. The second-order valence-corrected chi connectivity index (χ2v) is 9.25. The van der Waals surface area contributed by atoms with E-state index >= 15 is 0 Å². The number of esters is 4. The third-order valence-electron chi connectivity index (χ3n) is 5.76. The number of nitrogens with one attached hydrogen (secondary N) is 2. The van der Waals surface area contributed by atoms with Crippen LogP contribution in [-0.4, -0.2) is 90.0 Å². The molecule has 0 spiro atoms. The molecule has 2 aromatic rings. The second kappa shape index (κ2) is 14.4. The first-order valence-electron chi connectivity index (χ1n) is 12.5. The van der Waals surface area contributed by atoms with Crippen LogP contribution in [0, 0.1) is 5.41 Å². The molecule has 0 bridgehead atoms. The summed E-state index contributed by atoms with van der Waals surface area (Å²) < 4.78 is 39.1. The number of methoxy groups -OCH3 is 1. The van der Waals surface area contributed by atoms with Crippen molar-refractivity contribution in [2.45, 2.75) is 58.3 Å². The maximum absolute atomic E-state index is 12.2. The Morgan fingerprint density at radius 1 is 1.02 bits per heavy atom. The average Bonchev–Trinajstić information content (AvgIpc) is 3.34. The number of hydrazine groups is 1. The van der Waals surface area contributed by atoms with Gasteiger partial charge in [-0.2, -0.15) is 0 Å². The standard InChI is InChI=1S/C25H29N5O12S/c1-12(32)37-11-19-20(38-13(2)33)21(39-14(3)34)22(40-15(4)35)24(41-19)30(25(26)43)27-23-17(10-31)29(28-42-23)16-8-6-7-9-18(16)36-5/h6-10,19-22,24H,11H2,1-5H3,(H2-,26,27,28,31,43)/t19-,20+,21+,22-,24-/m1/s1. The van der Waals surface area contributed by atoms with Gasteiger partial charge in [0.15, 0.2) is 30.3 Å². The summed E-state index contributed by atoms with van der Waals surface area (Å²) in [6, 6.07) is 6.60. The van der Waals surface area contributed by atoms with Crippen molar-refractivity contribution < 1.29 is 61.6 Å². The number of carbonyl (C=O) groups excluding carboxylic acids is 5. The van der Waals surface area contributed by atoms with Crippen molar-refractivity contribution in [3.05, 3.63) is 30.0 Å². The van der Waals surface area contributed by atoms with Crippen LogP contribution in [0.2, 0.25) is 0 Å². The van der Waals surface area contributed by atoms with E-state index in [4.69, 9.17) is 51.0 Å². The summed E-state index contributed by atoms with van der Waals surface area (Å²) in [7, 11) is 1.42. The maximum Gasteiger partial charge on any atom is 0.345 e. The van der Waals surface area contributed by atoms with Crippen LogP contribution in [0.25, 0.3) is 5.69 Å². The topological polar surface area (TPSA) is 210 Å². The lowest BCUT2D eigenvalue weighted by Gasteiger charge is -2.48. The number of nitrogens with zero attached hydrogens (tertiary/aromatic N) is 3. The van der Waals surface area contributed by atoms with E-state index in [1.54, 1.807) is 24.3 Å². The first kappa shape index (κ1) is 32.7. The summed E-state index contributed by atoms with van der Waals surface area (Å²) in [6.45, 7) is 3.81. The second-order valence-electron chi connectivity index (χ2n) is 8.87. The molecule has 1 saturated heterocycles. The summed E-state index contributed by atoms with van der Waals surface area (Å²) >= 11 is 5.11. The SMILES string of the molecule is COc1ccccc1-[n+]1noc(NN(C(=N)[S-])[C@@H]2O[C@H](COC(C)=O)[C@H](OC(C)=O)[C@H](OC(C)=O)[C@H]2OC(C)=O)c1C=O. The Balaban J connectivity index is 2.11. The van der Waals surface area contributed by atoms with E-state index in [0.29, 0.717) is 17.7 Å². The van der Waals surface area contributed by atoms with Crippen LogP contribution in [0.5, 0.6) is 5.75 Å². The van der Waals surface area contributed by atoms with Crippen molar-refractivity contribution in [2.75, 3.05) is 19.1 Å². The Hall–Kier alpha value is -4.84. The fraction of sp³-hybridized carbons (Fsp3) is 0.440. The van der Waals surface area contributed by atoms with Gasteiger partial charge in [-0.25, -0.2) is 0 Å². The molecule has 43 heavy (non-hydrogen) atoms. The van der Waals surface area contributed by atoms with Gasteiger partial charge in [0.1, 0.15) is 12.7 Å². The molecule has 0 unspecified atom stereocenters. The van der Waals surface area contributed by atoms with Gasteiger partial charge >= 0.3 is 35.5 Å². The number of anilines is 1. The highest BCUT2D eigenvalue weighted by Crippen LogP contribution is 2.32. The number of rotatable bonds is 11. The van der Waals surface area contributed by atoms with Crippen molar-refractivity contribution in [2.24, 2.45) is 0 Å². The molecular weight excluding hydrogens is 594 g/mol. The number of para-hydroxylation sites is 2. The molecule has 1 aliphatic rings. The zero-order valence-corrected chi connectivity index (χ0v) is 24.4. The van der Waals surface area contributed by atoms with E-state index in [1.807, 2.05) is 0 Å². The Labute approximate surface area is 250 Å². The van der Waals surface area contributed by atoms with Gasteiger partial charge in [0, 0.05) is 38.4 Å². The Kier molecular flexibility index (Phi) is 10.9. The number of aldehydes is 1. The first-order chi connectivity index (χ1) is 20.4. The number of carbonyl (C=O) groups is 5. The Bertz CT molecular complexity index is 1380. The highest BCUT2D eigenvalue weighted by Gasteiger charge is 2.54. The molecule has 1 aromatic carbocycles. The van der Waals surface area contributed by atoms with E-state index in [2.05, 4.69) is 10.7 Å². The van der Waals surface area contributed by atoms with Crippen LogP contribution < -0.4 is 14.8 Å². The molecular formula is C25H29N5O12S. The van der Waals surface area contributed by atoms with Crippen LogP contribution in [-0.2, 0) is 55.5 Å². The number of amidine groups is 1. The molecule has 0 radical (unpaired) electrons. The van der Waals surface area contributed by atoms with E-state index in [0.717, 1.165) is 37.4 Å². The van der Waals surface area contributed by atoms with Crippen molar-refractivity contribution in [1.82, 2.24) is 10.3 Å². The lowest BCUT2D eigenvalue weighted by atomic mass is 9.97. The van der Waals surface area contributed by atoms with E-state index in [-0.39, 0.29) is 11.6 Å². The number of aromatic nitrogens is 2. The highest BCUT2D eigenvalue weighted by atomic mass is 32.1. The van der Waals surface area contributed by atoms with Gasteiger partial charge in [0.2, 0.25) is 11.6 Å². The fourth-order valence-electron chi connectivity index (χ4n) is 4.18. The minimum Gasteiger partial charge on any atom is -0.741 e. The fourth-order valence-corrected chi connectivity index (χ4v) is 4.33. The minimum atomic E-state index is -1.62. The van der Waals surface area contributed by atoms with E-state index in [1.165, 1.54) is 7.11 Å². The molecule has 0 amide bonds. The summed E-state index contributed by atoms with van der Waals surface area (Å²) in [6.07, 6.45) is -7.11. The monoisotopic (exact) mass is 623 g/mol. The van der Waals surface area contributed by atoms with Gasteiger partial charge < -0.3 is 46.5 Å². The van der Waals surface area contributed by atoms with Crippen LogP contribution in [0.3, 0.4) is 0 Å². The quantitative estimate of drug-likeness (QED) is 0.0492. The molecule has 18 heteroatoms. The minimum absolute atomic E-state index is 0.184. The van der Waals surface area contributed by atoms with Crippen molar-refractivity contribution in [1.29, 1.82) is 5.41 Å². The number of hydrogen-bond acceptors (Lipinski definition) is 16. The molecule has 1 fully saturated rings. The maximum atomic E-state index is 12.2. The normalized spacial score (nSPS) is 21.1. The molecule has 1 aliphatic heterocycles. The summed E-state index contributed by atoms with van der Waals surface area (Å²) in [4.78, 5) is 60.1. The lowest BCUT2D eigenvalue weighted by molar-refractivity contribution is -0.671. The van der Waals surface area contributed by atoms with E-state index in [9.17, 15) is 24.0 Å². The average molecular weight is 624 g/mol. The molecule has 0 aliphatic carbocycles. The van der Waals surface area contributed by atoms with Gasteiger partial charge in [-0.1, -0.05) is 12.1 Å². The predicted molar refractivity (Wildman–Crippen MR) is 142 cm³/mol. The van der Waals surface area contributed by atoms with Crippen LogP contribution in [0.1, 0.15) is 38.2 Å². The molecule has 2 N–H and O–H groups in total. The van der Waals surface area contributed by atoms with Gasteiger partial charge in [-0.05, 0) is 11.2 Å². The van der Waals surface area contributed by atoms with Crippen LogP contribution in [0.15, 0.2) is 28.8 Å². The smallest absolute Gasteiger partial charge is 0.345 e. The van der Waals surface area contributed by atoms with Gasteiger partial charge in [0.05, 0.1) is 7.11 Å². The van der Waals surface area contributed by atoms with Gasteiger partial charge in [-0.3, -0.25) is 38.9 Å². The van der Waals surface area contributed by atoms with Crippen LogP contribution >= 0.6 is 0 Å². The molecule has 0 saturated carbocycles. The Morgan fingerprint density at radius 2 is 1.63 bits per heavy atom. The molecule has 1 aromatic heterocycles. The number of hydrogen-bond donors (Lipinski definition) is 2. The van der Waals surface area contributed by atoms with Gasteiger partial charge in [-0.15, -0.1) is 0 Å². The molecule has 2 heterocycles. The first-order valence-corrected chi connectivity index (χ1v) is 12.9. The Morgan fingerprint density at radius 3 is 2.19 bits per heavy atom. The zero-order valence-electron chi connectivity index (χ0n) is 23.6. The van der Waals surface area contributed by atoms with Crippen LogP contribution in [0.4, 0.5) is 5.88 Å². The molecule has 232 valence electrons. The summed E-state index contributed by atoms with van der Waals surface area (Å²) in [5.74, 6) is -3.23. The van der Waals surface area contributed by atoms with Crippen molar-refractivity contribution in [3.8, 4) is 11.4 Å². The highest BCUT2D eigenvalue weighted by molar-refractivity contribution is 7.77. The molecule has 17 nitrogen and oxygen atoms in total. The number of ether oxygens (including phenoxy) is 6. The van der Waals surface area contributed by atoms with Crippen molar-refractivity contribution in [3.63, 3.8) is 0 Å². The third kappa shape index (κ3) is 7.92. The van der Waals surface area contributed by atoms with Gasteiger partial charge in [0.25, 0.3) is 5.69 Å².